The Labute approximate surface area is 131 Å². The molecule has 1 aliphatic heterocycles. The van der Waals surface area contributed by atoms with Crippen LogP contribution in [0.5, 0.6) is 0 Å². The molecule has 5 nitrogen and oxygen atoms in total. The number of amides is 1. The summed E-state index contributed by atoms with van der Waals surface area (Å²) in [6.07, 6.45) is 4.47. The van der Waals surface area contributed by atoms with Crippen molar-refractivity contribution in [2.45, 2.75) is 17.7 Å². The molecule has 1 fully saturated rings. The third kappa shape index (κ3) is 3.28. The van der Waals surface area contributed by atoms with E-state index < -0.39 is 10.0 Å². The fourth-order valence-electron chi connectivity index (χ4n) is 2.43. The molecule has 0 unspecified atom stereocenters. The Bertz CT molecular complexity index is 655. The van der Waals surface area contributed by atoms with Gasteiger partial charge in [0.05, 0.1) is 4.90 Å². The molecule has 0 N–H and O–H groups in total. The van der Waals surface area contributed by atoms with E-state index in [4.69, 9.17) is 0 Å². The summed E-state index contributed by atoms with van der Waals surface area (Å²) in [6, 6.07) is 6.43. The van der Waals surface area contributed by atoms with E-state index in [9.17, 15) is 13.2 Å². The molecule has 0 saturated carbocycles. The summed E-state index contributed by atoms with van der Waals surface area (Å²) in [5.74, 6) is 0.0792. The summed E-state index contributed by atoms with van der Waals surface area (Å²) < 4.78 is 26.4. The molecular weight excluding hydrogens is 300 g/mol. The van der Waals surface area contributed by atoms with Gasteiger partial charge in [-0.25, -0.2) is 8.42 Å². The van der Waals surface area contributed by atoms with Gasteiger partial charge in [-0.2, -0.15) is 4.31 Å². The standard InChI is InChI=1S/C16H20N2O3S/c1-3-11-17(12-4-2)22(20,21)15-9-7-14(8-10-15)18-13-5-6-16(18)19/h3-4,7-10H,1-2,5-6,11-13H2. The van der Waals surface area contributed by atoms with Crippen molar-refractivity contribution in [3.63, 3.8) is 0 Å². The van der Waals surface area contributed by atoms with Crippen molar-refractivity contribution in [3.8, 4) is 0 Å². The zero-order valence-corrected chi connectivity index (χ0v) is 13.3. The Morgan fingerprint density at radius 2 is 1.73 bits per heavy atom. The molecule has 0 spiro atoms. The Morgan fingerprint density at radius 1 is 1.14 bits per heavy atom. The average molecular weight is 320 g/mol. The summed E-state index contributed by atoms with van der Waals surface area (Å²) in [5.41, 5.74) is 0.737. The number of carbonyl (C=O) groups excluding carboxylic acids is 1. The first-order valence-electron chi connectivity index (χ1n) is 7.13. The number of hydrogen-bond acceptors (Lipinski definition) is 3. The van der Waals surface area contributed by atoms with Gasteiger partial charge >= 0.3 is 0 Å². The molecule has 1 amide bonds. The number of anilines is 1. The summed E-state index contributed by atoms with van der Waals surface area (Å²) in [7, 11) is -3.59. The maximum absolute atomic E-state index is 12.6. The molecule has 1 aliphatic rings. The van der Waals surface area contributed by atoms with Crippen molar-refractivity contribution in [2.24, 2.45) is 0 Å². The molecule has 1 aromatic carbocycles. The van der Waals surface area contributed by atoms with Crippen molar-refractivity contribution in [1.29, 1.82) is 0 Å². The maximum Gasteiger partial charge on any atom is 0.243 e. The average Bonchev–Trinajstić information content (AvgIpc) is 2.93. The highest BCUT2D eigenvalue weighted by Gasteiger charge is 2.24. The first-order valence-corrected chi connectivity index (χ1v) is 8.57. The summed E-state index contributed by atoms with van der Waals surface area (Å²) in [4.78, 5) is 13.6. The van der Waals surface area contributed by atoms with Crippen molar-refractivity contribution in [3.05, 3.63) is 49.6 Å². The Hall–Kier alpha value is -1.92. The molecule has 0 atom stereocenters. The van der Waals surface area contributed by atoms with E-state index >= 15 is 0 Å². The van der Waals surface area contributed by atoms with Crippen LogP contribution >= 0.6 is 0 Å². The van der Waals surface area contributed by atoms with E-state index in [1.807, 2.05) is 0 Å². The van der Waals surface area contributed by atoms with Gasteiger partial charge in [0.2, 0.25) is 15.9 Å². The fraction of sp³-hybridized carbons (Fsp3) is 0.312. The third-order valence-corrected chi connectivity index (χ3v) is 5.37. The summed E-state index contributed by atoms with van der Waals surface area (Å²) >= 11 is 0. The van der Waals surface area contributed by atoms with E-state index in [0.29, 0.717) is 13.0 Å². The van der Waals surface area contributed by atoms with Crippen LogP contribution < -0.4 is 4.90 Å². The number of rotatable bonds is 7. The highest BCUT2D eigenvalue weighted by atomic mass is 32.2. The predicted molar refractivity (Wildman–Crippen MR) is 87.2 cm³/mol. The second-order valence-corrected chi connectivity index (χ2v) is 6.98. The minimum absolute atomic E-state index is 0.0792. The summed E-state index contributed by atoms with van der Waals surface area (Å²) in [6.45, 7) is 8.29. The molecule has 0 aliphatic carbocycles. The molecule has 22 heavy (non-hydrogen) atoms. The van der Waals surface area contributed by atoms with E-state index in [1.165, 1.54) is 28.6 Å². The van der Waals surface area contributed by atoms with E-state index in [-0.39, 0.29) is 23.9 Å². The van der Waals surface area contributed by atoms with Gasteiger partial charge in [0.1, 0.15) is 0 Å². The van der Waals surface area contributed by atoms with E-state index in [1.54, 1.807) is 17.0 Å². The van der Waals surface area contributed by atoms with Crippen LogP contribution in [0.15, 0.2) is 54.5 Å². The molecular formula is C16H20N2O3S. The second-order valence-electron chi connectivity index (χ2n) is 5.04. The number of hydrogen-bond donors (Lipinski definition) is 0. The lowest BCUT2D eigenvalue weighted by Crippen LogP contribution is -2.31. The Balaban J connectivity index is 2.26. The molecule has 6 heteroatoms. The predicted octanol–water partition coefficient (Wildman–Crippen LogP) is 2.18. The largest absolute Gasteiger partial charge is 0.312 e. The Kier molecular flexibility index (Phi) is 5.15. The smallest absolute Gasteiger partial charge is 0.243 e. The molecule has 1 aromatic rings. The van der Waals surface area contributed by atoms with Gasteiger partial charge in [-0.05, 0) is 30.7 Å². The fourth-order valence-corrected chi connectivity index (χ4v) is 3.81. The lowest BCUT2D eigenvalue weighted by Gasteiger charge is -2.20. The van der Waals surface area contributed by atoms with Crippen LogP contribution in [0.25, 0.3) is 0 Å². The van der Waals surface area contributed by atoms with Gasteiger partial charge < -0.3 is 4.90 Å². The SMILES string of the molecule is C=CCN(CC=C)S(=O)(=O)c1ccc(N2CCCC2=O)cc1. The van der Waals surface area contributed by atoms with Crippen molar-refractivity contribution in [1.82, 2.24) is 4.31 Å². The van der Waals surface area contributed by atoms with Gasteiger partial charge in [0, 0.05) is 31.7 Å². The second kappa shape index (κ2) is 6.89. The van der Waals surface area contributed by atoms with Crippen LogP contribution in [0.1, 0.15) is 12.8 Å². The zero-order valence-electron chi connectivity index (χ0n) is 12.4. The number of benzene rings is 1. The zero-order chi connectivity index (χ0) is 16.2. The minimum Gasteiger partial charge on any atom is -0.312 e. The molecule has 1 saturated heterocycles. The van der Waals surface area contributed by atoms with Crippen LogP contribution in [0.3, 0.4) is 0 Å². The maximum atomic E-state index is 12.6. The van der Waals surface area contributed by atoms with E-state index in [0.717, 1.165) is 12.1 Å². The highest BCUT2D eigenvalue weighted by molar-refractivity contribution is 7.89. The number of nitrogens with zero attached hydrogens (tertiary/aromatic N) is 2. The Morgan fingerprint density at radius 3 is 2.18 bits per heavy atom. The number of carbonyl (C=O) groups is 1. The van der Waals surface area contributed by atoms with Crippen molar-refractivity contribution >= 4 is 21.6 Å². The van der Waals surface area contributed by atoms with Crippen molar-refractivity contribution < 1.29 is 13.2 Å². The lowest BCUT2D eigenvalue weighted by molar-refractivity contribution is -0.117. The molecule has 0 aromatic heterocycles. The first-order chi connectivity index (χ1) is 10.5. The van der Waals surface area contributed by atoms with Crippen LogP contribution in [0.4, 0.5) is 5.69 Å². The van der Waals surface area contributed by atoms with E-state index in [2.05, 4.69) is 13.2 Å². The van der Waals surface area contributed by atoms with Gasteiger partial charge in [0.25, 0.3) is 0 Å². The third-order valence-electron chi connectivity index (χ3n) is 3.53. The number of sulfonamides is 1. The van der Waals surface area contributed by atoms with Gasteiger partial charge in [-0.3, -0.25) is 4.79 Å². The van der Waals surface area contributed by atoms with Crippen LogP contribution in [0.2, 0.25) is 0 Å². The van der Waals surface area contributed by atoms with Gasteiger partial charge in [-0.1, -0.05) is 12.2 Å². The van der Waals surface area contributed by atoms with Crippen LogP contribution in [-0.2, 0) is 14.8 Å². The molecule has 118 valence electrons. The molecule has 0 bridgehead atoms. The quantitative estimate of drug-likeness (QED) is 0.724. The van der Waals surface area contributed by atoms with Gasteiger partial charge in [0.15, 0.2) is 0 Å². The molecule has 0 radical (unpaired) electrons. The first kappa shape index (κ1) is 16.5. The minimum atomic E-state index is -3.59. The summed E-state index contributed by atoms with van der Waals surface area (Å²) in [5, 5.41) is 0. The van der Waals surface area contributed by atoms with Gasteiger partial charge in [-0.15, -0.1) is 13.2 Å². The van der Waals surface area contributed by atoms with Crippen LogP contribution in [-0.4, -0.2) is 38.3 Å². The monoisotopic (exact) mass is 320 g/mol. The highest BCUT2D eigenvalue weighted by Crippen LogP contribution is 2.24. The molecule has 1 heterocycles. The normalized spacial score (nSPS) is 15.3. The molecule has 2 rings (SSSR count). The van der Waals surface area contributed by atoms with Crippen molar-refractivity contribution in [2.75, 3.05) is 24.5 Å². The van der Waals surface area contributed by atoms with Crippen LogP contribution in [0, 0.1) is 0 Å². The lowest BCUT2D eigenvalue weighted by atomic mass is 10.3. The topological polar surface area (TPSA) is 57.7 Å².